The number of carbonyl (C=O) groups excluding carboxylic acids is 2. The minimum Gasteiger partial charge on any atom is -0.497 e. The highest BCUT2D eigenvalue weighted by atomic mass is 79.9. The highest BCUT2D eigenvalue weighted by Gasteiger charge is 2.29. The molecule has 0 aliphatic carbocycles. The Labute approximate surface area is 205 Å². The van der Waals surface area contributed by atoms with E-state index in [1.54, 1.807) is 12.0 Å². The highest BCUT2D eigenvalue weighted by Crippen LogP contribution is 2.26. The van der Waals surface area contributed by atoms with Crippen molar-refractivity contribution in [3.05, 3.63) is 57.6 Å². The van der Waals surface area contributed by atoms with E-state index >= 15 is 0 Å². The van der Waals surface area contributed by atoms with Gasteiger partial charge in [-0.25, -0.2) is 0 Å². The van der Waals surface area contributed by atoms with Crippen molar-refractivity contribution in [2.75, 3.05) is 13.7 Å². The van der Waals surface area contributed by atoms with Crippen LogP contribution in [0.15, 0.2) is 40.9 Å². The lowest BCUT2D eigenvalue weighted by Gasteiger charge is -2.31. The molecule has 0 bridgehead atoms. The standard InChI is InChI=1S/C26H35BrN2O4/c1-7-19(5)28-26(31)23(8-2)29(15-20-9-11-21(32-6)12-10-20)24(30)16-33-22-13-17(3)25(27)18(4)14-22/h9-14,19,23H,7-8,15-16H2,1-6H3,(H,28,31)/t19-,23-/m0/s1. The van der Waals surface area contributed by atoms with Gasteiger partial charge in [0.1, 0.15) is 17.5 Å². The summed E-state index contributed by atoms with van der Waals surface area (Å²) in [5.74, 6) is 0.977. The predicted molar refractivity (Wildman–Crippen MR) is 135 cm³/mol. The Morgan fingerprint density at radius 1 is 1.03 bits per heavy atom. The van der Waals surface area contributed by atoms with Crippen molar-refractivity contribution in [1.82, 2.24) is 10.2 Å². The first-order chi connectivity index (χ1) is 15.7. The molecule has 7 heteroatoms. The normalized spacial score (nSPS) is 12.6. The third-order valence-electron chi connectivity index (χ3n) is 5.67. The van der Waals surface area contributed by atoms with Crippen molar-refractivity contribution in [3.8, 4) is 11.5 Å². The number of benzene rings is 2. The number of methoxy groups -OCH3 is 1. The average Bonchev–Trinajstić information content (AvgIpc) is 2.80. The molecule has 180 valence electrons. The minimum atomic E-state index is -0.592. The van der Waals surface area contributed by atoms with Gasteiger partial charge in [-0.3, -0.25) is 9.59 Å². The molecular formula is C26H35BrN2O4. The number of amides is 2. The predicted octanol–water partition coefficient (Wildman–Crippen LogP) is 5.18. The summed E-state index contributed by atoms with van der Waals surface area (Å²) in [6.07, 6.45) is 1.32. The lowest BCUT2D eigenvalue weighted by molar-refractivity contribution is -0.143. The quantitative estimate of drug-likeness (QED) is 0.445. The van der Waals surface area contributed by atoms with Gasteiger partial charge >= 0.3 is 0 Å². The molecule has 2 aromatic carbocycles. The van der Waals surface area contributed by atoms with Gasteiger partial charge in [0.2, 0.25) is 5.91 Å². The molecular weight excluding hydrogens is 484 g/mol. The number of hydrogen-bond donors (Lipinski definition) is 1. The highest BCUT2D eigenvalue weighted by molar-refractivity contribution is 9.10. The summed E-state index contributed by atoms with van der Waals surface area (Å²) in [5.41, 5.74) is 2.98. The van der Waals surface area contributed by atoms with Crippen LogP contribution in [0.25, 0.3) is 0 Å². The second kappa shape index (κ2) is 12.6. The zero-order chi connectivity index (χ0) is 24.5. The van der Waals surface area contributed by atoms with Gasteiger partial charge in [-0.15, -0.1) is 0 Å². The Hall–Kier alpha value is -2.54. The molecule has 2 rings (SSSR count). The zero-order valence-electron chi connectivity index (χ0n) is 20.4. The molecule has 0 aliphatic rings. The minimum absolute atomic E-state index is 0.0365. The first kappa shape index (κ1) is 26.7. The van der Waals surface area contributed by atoms with E-state index < -0.39 is 6.04 Å². The number of halogens is 1. The molecule has 33 heavy (non-hydrogen) atoms. The average molecular weight is 519 g/mol. The number of hydrogen-bond acceptors (Lipinski definition) is 4. The van der Waals surface area contributed by atoms with Crippen LogP contribution in [0.1, 0.15) is 50.3 Å². The molecule has 0 heterocycles. The van der Waals surface area contributed by atoms with E-state index in [0.717, 1.165) is 33.3 Å². The van der Waals surface area contributed by atoms with Crippen molar-refractivity contribution in [1.29, 1.82) is 0 Å². The van der Waals surface area contributed by atoms with Crippen molar-refractivity contribution in [3.63, 3.8) is 0 Å². The van der Waals surface area contributed by atoms with E-state index in [4.69, 9.17) is 9.47 Å². The Kier molecular flexibility index (Phi) is 10.2. The van der Waals surface area contributed by atoms with Gasteiger partial charge in [0.25, 0.3) is 5.91 Å². The first-order valence-electron chi connectivity index (χ1n) is 11.3. The van der Waals surface area contributed by atoms with Gasteiger partial charge in [-0.05, 0) is 74.6 Å². The van der Waals surface area contributed by atoms with Gasteiger partial charge in [0.05, 0.1) is 7.11 Å². The van der Waals surface area contributed by atoms with Crippen LogP contribution in [-0.4, -0.2) is 42.5 Å². The Morgan fingerprint density at radius 2 is 1.64 bits per heavy atom. The fourth-order valence-electron chi connectivity index (χ4n) is 3.51. The topological polar surface area (TPSA) is 67.9 Å². The maximum absolute atomic E-state index is 13.3. The number of carbonyl (C=O) groups is 2. The third kappa shape index (κ3) is 7.49. The van der Waals surface area contributed by atoms with Crippen molar-refractivity contribution < 1.29 is 19.1 Å². The third-order valence-corrected chi connectivity index (χ3v) is 6.92. The number of nitrogens with zero attached hydrogens (tertiary/aromatic N) is 1. The van der Waals surface area contributed by atoms with Crippen LogP contribution in [0.4, 0.5) is 0 Å². The van der Waals surface area contributed by atoms with Crippen molar-refractivity contribution in [2.45, 2.75) is 66.1 Å². The van der Waals surface area contributed by atoms with E-state index in [1.807, 2.05) is 71.0 Å². The summed E-state index contributed by atoms with van der Waals surface area (Å²) in [6, 6.07) is 10.7. The lowest BCUT2D eigenvalue weighted by Crippen LogP contribution is -2.51. The number of nitrogens with one attached hydrogen (secondary N) is 1. The van der Waals surface area contributed by atoms with Crippen molar-refractivity contribution in [2.24, 2.45) is 0 Å². The molecule has 0 saturated carbocycles. The molecule has 6 nitrogen and oxygen atoms in total. The fraction of sp³-hybridized carbons (Fsp3) is 0.462. The van der Waals surface area contributed by atoms with E-state index in [2.05, 4.69) is 21.2 Å². The number of rotatable bonds is 11. The van der Waals surface area contributed by atoms with Crippen LogP contribution >= 0.6 is 15.9 Å². The van der Waals surface area contributed by atoms with E-state index in [0.29, 0.717) is 18.7 Å². The Bertz CT molecular complexity index is 923. The summed E-state index contributed by atoms with van der Waals surface area (Å²) in [4.78, 5) is 27.9. The molecule has 0 aromatic heterocycles. The van der Waals surface area contributed by atoms with Crippen LogP contribution in [0.2, 0.25) is 0 Å². The van der Waals surface area contributed by atoms with Crippen LogP contribution < -0.4 is 14.8 Å². The van der Waals surface area contributed by atoms with E-state index in [1.165, 1.54) is 0 Å². The van der Waals surface area contributed by atoms with Crippen LogP contribution in [-0.2, 0) is 16.1 Å². The second-order valence-corrected chi connectivity index (χ2v) is 9.06. The first-order valence-corrected chi connectivity index (χ1v) is 12.1. The van der Waals surface area contributed by atoms with E-state index in [-0.39, 0.29) is 24.5 Å². The zero-order valence-corrected chi connectivity index (χ0v) is 22.0. The molecule has 0 spiro atoms. The summed E-state index contributed by atoms with van der Waals surface area (Å²) >= 11 is 3.55. The molecule has 1 N–H and O–H groups in total. The van der Waals surface area contributed by atoms with Gasteiger partial charge in [0.15, 0.2) is 6.61 Å². The molecule has 0 radical (unpaired) electrons. The van der Waals surface area contributed by atoms with Gasteiger partial charge < -0.3 is 19.7 Å². The van der Waals surface area contributed by atoms with Gasteiger partial charge in [-0.2, -0.15) is 0 Å². The summed E-state index contributed by atoms with van der Waals surface area (Å²) in [6.45, 7) is 10.0. The Balaban J connectivity index is 2.25. The van der Waals surface area contributed by atoms with Crippen molar-refractivity contribution >= 4 is 27.7 Å². The van der Waals surface area contributed by atoms with Crippen LogP contribution in [0, 0.1) is 13.8 Å². The summed E-state index contributed by atoms with van der Waals surface area (Å²) in [7, 11) is 1.61. The van der Waals surface area contributed by atoms with Gasteiger partial charge in [0, 0.05) is 17.1 Å². The summed E-state index contributed by atoms with van der Waals surface area (Å²) in [5, 5.41) is 3.02. The van der Waals surface area contributed by atoms with Gasteiger partial charge in [-0.1, -0.05) is 41.9 Å². The molecule has 2 atom stereocenters. The fourth-order valence-corrected chi connectivity index (χ4v) is 3.73. The maximum atomic E-state index is 13.3. The molecule has 0 fully saturated rings. The molecule has 2 aromatic rings. The SMILES string of the molecule is CC[C@H](C)NC(=O)[C@H](CC)N(Cc1ccc(OC)cc1)C(=O)COc1cc(C)c(Br)c(C)c1. The largest absolute Gasteiger partial charge is 0.497 e. The smallest absolute Gasteiger partial charge is 0.261 e. The van der Waals surface area contributed by atoms with Crippen LogP contribution in [0.5, 0.6) is 11.5 Å². The summed E-state index contributed by atoms with van der Waals surface area (Å²) < 4.78 is 12.1. The number of ether oxygens (including phenoxy) is 2. The van der Waals surface area contributed by atoms with Crippen LogP contribution in [0.3, 0.4) is 0 Å². The monoisotopic (exact) mass is 518 g/mol. The number of aryl methyl sites for hydroxylation is 2. The maximum Gasteiger partial charge on any atom is 0.261 e. The molecule has 0 aliphatic heterocycles. The molecule has 2 amide bonds. The Morgan fingerprint density at radius 3 is 2.15 bits per heavy atom. The lowest BCUT2D eigenvalue weighted by atomic mass is 10.1. The molecule has 0 unspecified atom stereocenters. The van der Waals surface area contributed by atoms with E-state index in [9.17, 15) is 9.59 Å². The molecule has 0 saturated heterocycles. The second-order valence-electron chi connectivity index (χ2n) is 8.27.